The van der Waals surface area contributed by atoms with E-state index < -0.39 is 5.82 Å². The summed E-state index contributed by atoms with van der Waals surface area (Å²) in [6.45, 7) is 2.28. The number of halogens is 1. The van der Waals surface area contributed by atoms with Gasteiger partial charge in [0.1, 0.15) is 11.9 Å². The van der Waals surface area contributed by atoms with Gasteiger partial charge in [-0.15, -0.1) is 0 Å². The summed E-state index contributed by atoms with van der Waals surface area (Å²) in [7, 11) is 0. The molecule has 0 saturated heterocycles. The van der Waals surface area contributed by atoms with Gasteiger partial charge < -0.3 is 0 Å². The predicted molar refractivity (Wildman–Crippen MR) is 122 cm³/mol. The lowest BCUT2D eigenvalue weighted by Gasteiger charge is -2.26. The Morgan fingerprint density at radius 2 is 1.80 bits per heavy atom. The molecule has 2 aliphatic rings. The number of unbranched alkanes of at least 4 members (excludes halogenated alkanes) is 2. The largest absolute Gasteiger partial charge is 0.206 e. The molecule has 160 valence electrons. The van der Waals surface area contributed by atoms with Crippen molar-refractivity contribution in [2.24, 2.45) is 17.8 Å². The van der Waals surface area contributed by atoms with Crippen LogP contribution in [0.1, 0.15) is 101 Å². The molecule has 1 aromatic rings. The van der Waals surface area contributed by atoms with Crippen LogP contribution in [-0.4, -0.2) is 0 Å². The van der Waals surface area contributed by atoms with Crippen molar-refractivity contribution in [3.63, 3.8) is 0 Å². The van der Waals surface area contributed by atoms with Crippen LogP contribution in [0.25, 0.3) is 0 Å². The standard InChI is InChI=1S/C28H36FN/c1-2-3-4-7-22-10-12-23(13-11-22)8-5-6-9-24-14-16-25(17-15-24)26-18-19-27(21-30)28(29)20-26/h5,8,18-20,22-25H,2-4,7,10-17H2,1H3. The molecule has 0 amide bonds. The fraction of sp³-hybridized carbons (Fsp3) is 0.607. The molecule has 2 heteroatoms. The van der Waals surface area contributed by atoms with Gasteiger partial charge in [-0.3, -0.25) is 0 Å². The summed E-state index contributed by atoms with van der Waals surface area (Å²) < 4.78 is 13.9. The van der Waals surface area contributed by atoms with Gasteiger partial charge in [-0.25, -0.2) is 4.39 Å². The number of allylic oxidation sites excluding steroid dienone is 2. The van der Waals surface area contributed by atoms with E-state index >= 15 is 0 Å². The van der Waals surface area contributed by atoms with Crippen molar-refractivity contribution in [2.75, 3.05) is 0 Å². The highest BCUT2D eigenvalue weighted by Crippen LogP contribution is 2.36. The van der Waals surface area contributed by atoms with Crippen molar-refractivity contribution in [3.8, 4) is 17.9 Å². The average Bonchev–Trinajstić information content (AvgIpc) is 2.78. The molecule has 2 aliphatic carbocycles. The lowest BCUT2D eigenvalue weighted by Crippen LogP contribution is -2.13. The van der Waals surface area contributed by atoms with Crippen LogP contribution in [0.5, 0.6) is 0 Å². The first-order chi connectivity index (χ1) is 14.7. The maximum Gasteiger partial charge on any atom is 0.141 e. The van der Waals surface area contributed by atoms with E-state index in [1.807, 2.05) is 12.1 Å². The second-order valence-corrected chi connectivity index (χ2v) is 9.32. The van der Waals surface area contributed by atoms with Crippen molar-refractivity contribution in [3.05, 3.63) is 47.3 Å². The first-order valence-corrected chi connectivity index (χ1v) is 12.1. The molecule has 1 nitrogen and oxygen atoms in total. The molecule has 0 bridgehead atoms. The third-order valence-electron chi connectivity index (χ3n) is 7.16. The SMILES string of the molecule is CCCCCC1CCC(C=CC#CC2CCC(c3ccc(C#N)c(F)c3)CC2)CC1. The van der Waals surface area contributed by atoms with Crippen molar-refractivity contribution in [1.29, 1.82) is 5.26 Å². The van der Waals surface area contributed by atoms with E-state index in [-0.39, 0.29) is 5.56 Å². The maximum absolute atomic E-state index is 13.9. The topological polar surface area (TPSA) is 23.8 Å². The average molecular weight is 406 g/mol. The van der Waals surface area contributed by atoms with E-state index in [2.05, 4.69) is 30.9 Å². The summed E-state index contributed by atoms with van der Waals surface area (Å²) in [4.78, 5) is 0. The van der Waals surface area contributed by atoms with Gasteiger partial charge in [0.15, 0.2) is 0 Å². The van der Waals surface area contributed by atoms with Crippen molar-refractivity contribution < 1.29 is 4.39 Å². The fourth-order valence-electron chi connectivity index (χ4n) is 5.15. The van der Waals surface area contributed by atoms with Gasteiger partial charge in [0.2, 0.25) is 0 Å². The van der Waals surface area contributed by atoms with Crippen molar-refractivity contribution >= 4 is 0 Å². The highest BCUT2D eigenvalue weighted by Gasteiger charge is 2.22. The maximum atomic E-state index is 13.9. The third-order valence-corrected chi connectivity index (χ3v) is 7.16. The minimum Gasteiger partial charge on any atom is -0.206 e. The highest BCUT2D eigenvalue weighted by atomic mass is 19.1. The van der Waals surface area contributed by atoms with Crippen LogP contribution in [0, 0.1) is 46.7 Å². The Morgan fingerprint density at radius 1 is 1.03 bits per heavy atom. The van der Waals surface area contributed by atoms with Crippen LogP contribution in [0.3, 0.4) is 0 Å². The predicted octanol–water partition coefficient (Wildman–Crippen LogP) is 7.92. The highest BCUT2D eigenvalue weighted by molar-refractivity contribution is 5.35. The molecule has 0 heterocycles. The number of hydrogen-bond donors (Lipinski definition) is 0. The summed E-state index contributed by atoms with van der Waals surface area (Å²) >= 11 is 0. The molecule has 2 saturated carbocycles. The van der Waals surface area contributed by atoms with Crippen molar-refractivity contribution in [1.82, 2.24) is 0 Å². The molecule has 0 aromatic heterocycles. The van der Waals surface area contributed by atoms with Gasteiger partial charge in [0.25, 0.3) is 0 Å². The van der Waals surface area contributed by atoms with Gasteiger partial charge >= 0.3 is 0 Å². The molecular formula is C28H36FN. The lowest BCUT2D eigenvalue weighted by atomic mass is 9.78. The molecule has 3 rings (SSSR count). The monoisotopic (exact) mass is 405 g/mol. The Morgan fingerprint density at radius 3 is 2.47 bits per heavy atom. The summed E-state index contributed by atoms with van der Waals surface area (Å²) in [6.07, 6.45) is 19.7. The summed E-state index contributed by atoms with van der Waals surface area (Å²) in [5.74, 6) is 8.92. The molecule has 0 unspecified atom stereocenters. The normalized spacial score (nSPS) is 26.7. The molecule has 1 aromatic carbocycles. The summed E-state index contributed by atoms with van der Waals surface area (Å²) in [5.41, 5.74) is 1.16. The first-order valence-electron chi connectivity index (χ1n) is 12.1. The number of benzene rings is 1. The van der Waals surface area contributed by atoms with E-state index in [1.165, 1.54) is 51.4 Å². The zero-order valence-electron chi connectivity index (χ0n) is 18.5. The van der Waals surface area contributed by atoms with E-state index in [0.717, 1.165) is 43.1 Å². The number of nitrogens with zero attached hydrogens (tertiary/aromatic N) is 1. The van der Waals surface area contributed by atoms with Crippen LogP contribution in [0.4, 0.5) is 4.39 Å². The second kappa shape index (κ2) is 12.0. The Kier molecular flexibility index (Phi) is 9.01. The van der Waals surface area contributed by atoms with Gasteiger partial charge in [0.05, 0.1) is 5.56 Å². The van der Waals surface area contributed by atoms with E-state index in [4.69, 9.17) is 5.26 Å². The Labute approximate surface area is 182 Å². The summed E-state index contributed by atoms with van der Waals surface area (Å²) in [6, 6.07) is 6.98. The Bertz CT molecular complexity index is 790. The van der Waals surface area contributed by atoms with Gasteiger partial charge in [0, 0.05) is 5.92 Å². The van der Waals surface area contributed by atoms with E-state index in [9.17, 15) is 4.39 Å². The zero-order chi connectivity index (χ0) is 21.2. The molecule has 0 radical (unpaired) electrons. The third kappa shape index (κ3) is 6.74. The molecule has 0 aliphatic heterocycles. The van der Waals surface area contributed by atoms with Crippen molar-refractivity contribution in [2.45, 2.75) is 89.9 Å². The first kappa shape index (κ1) is 22.6. The Hall–Kier alpha value is -2.06. The van der Waals surface area contributed by atoms with Gasteiger partial charge in [-0.05, 0) is 92.9 Å². The fourth-order valence-corrected chi connectivity index (χ4v) is 5.15. The second-order valence-electron chi connectivity index (χ2n) is 9.32. The van der Waals surface area contributed by atoms with Crippen LogP contribution < -0.4 is 0 Å². The van der Waals surface area contributed by atoms with Crippen LogP contribution in [-0.2, 0) is 0 Å². The zero-order valence-corrected chi connectivity index (χ0v) is 18.5. The van der Waals surface area contributed by atoms with Gasteiger partial charge in [-0.2, -0.15) is 5.26 Å². The lowest BCUT2D eigenvalue weighted by molar-refractivity contribution is 0.289. The smallest absolute Gasteiger partial charge is 0.141 e. The van der Waals surface area contributed by atoms with E-state index in [1.54, 1.807) is 12.1 Å². The van der Waals surface area contributed by atoms with Crippen LogP contribution in [0.15, 0.2) is 30.4 Å². The molecule has 2 fully saturated rings. The number of nitriles is 1. The molecular weight excluding hydrogens is 369 g/mol. The number of rotatable bonds is 6. The van der Waals surface area contributed by atoms with E-state index in [0.29, 0.717) is 11.8 Å². The molecule has 0 atom stereocenters. The quantitative estimate of drug-likeness (QED) is 0.348. The summed E-state index contributed by atoms with van der Waals surface area (Å²) in [5, 5.41) is 8.88. The molecule has 0 spiro atoms. The molecule has 30 heavy (non-hydrogen) atoms. The van der Waals surface area contributed by atoms with Crippen LogP contribution >= 0.6 is 0 Å². The minimum atomic E-state index is -0.392. The minimum absolute atomic E-state index is 0.134. The molecule has 0 N–H and O–H groups in total. The Balaban J connectivity index is 1.38. The van der Waals surface area contributed by atoms with Gasteiger partial charge in [-0.1, -0.05) is 56.6 Å². The van der Waals surface area contributed by atoms with Crippen LogP contribution in [0.2, 0.25) is 0 Å². The number of hydrogen-bond acceptors (Lipinski definition) is 1.